The highest BCUT2D eigenvalue weighted by Crippen LogP contribution is 2.32. The molecule has 1 heterocycles. The first kappa shape index (κ1) is 27.3. The average Bonchev–Trinajstić information content (AvgIpc) is 2.93. The first-order valence-corrected chi connectivity index (χ1v) is 13.5. The molecule has 0 aliphatic heterocycles. The Bertz CT molecular complexity index is 1600. The summed E-state index contributed by atoms with van der Waals surface area (Å²) in [6.07, 6.45) is 1.56. The lowest BCUT2D eigenvalue weighted by Crippen LogP contribution is -2.31. The number of hydrogen-bond donors (Lipinski definition) is 2. The number of nitrogens with one attached hydrogen (secondary N) is 1. The van der Waals surface area contributed by atoms with Crippen LogP contribution >= 0.6 is 0 Å². The number of ether oxygens (including phenoxy) is 1. The van der Waals surface area contributed by atoms with Crippen LogP contribution in [0.15, 0.2) is 83.9 Å². The molecule has 202 valence electrons. The molecule has 0 aliphatic rings. The number of urea groups is 1. The molecule has 0 bridgehead atoms. The first-order valence-electron chi connectivity index (χ1n) is 11.8. The van der Waals surface area contributed by atoms with E-state index in [0.717, 1.165) is 5.69 Å². The van der Waals surface area contributed by atoms with Gasteiger partial charge in [0.1, 0.15) is 17.4 Å². The minimum absolute atomic E-state index is 0.0340. The molecule has 0 unspecified atom stereocenters. The molecule has 0 radical (unpaired) electrons. The number of carbonyl (C=O) groups excluding carboxylic acids is 1. The van der Waals surface area contributed by atoms with Crippen LogP contribution in [0.5, 0.6) is 5.75 Å². The van der Waals surface area contributed by atoms with Gasteiger partial charge in [0.25, 0.3) is 0 Å². The van der Waals surface area contributed by atoms with Crippen LogP contribution in [0.4, 0.5) is 43.7 Å². The number of aromatic nitrogens is 2. The third kappa shape index (κ3) is 6.07. The van der Waals surface area contributed by atoms with Crippen LogP contribution in [0.1, 0.15) is 6.92 Å². The van der Waals surface area contributed by atoms with E-state index < -0.39 is 21.7 Å². The maximum absolute atomic E-state index is 13.7. The highest BCUT2D eigenvalue weighted by Gasteiger charge is 2.18. The van der Waals surface area contributed by atoms with E-state index in [0.29, 0.717) is 28.6 Å². The van der Waals surface area contributed by atoms with Crippen molar-refractivity contribution in [2.75, 3.05) is 35.0 Å². The first-order chi connectivity index (χ1) is 18.6. The summed E-state index contributed by atoms with van der Waals surface area (Å²) in [5.41, 5.74) is 7.48. The zero-order valence-corrected chi connectivity index (χ0v) is 22.3. The number of rotatable bonds is 9. The lowest BCUT2D eigenvalue weighted by Gasteiger charge is -2.23. The summed E-state index contributed by atoms with van der Waals surface area (Å²) in [6, 6.07) is 18.0. The molecule has 0 saturated heterocycles. The summed E-state index contributed by atoms with van der Waals surface area (Å²) in [5, 5.41) is 3.04. The Labute approximate surface area is 225 Å². The fraction of sp³-hybridized carbons (Fsp3) is 0.148. The maximum atomic E-state index is 13.7. The zero-order valence-electron chi connectivity index (χ0n) is 21.5. The Morgan fingerprint density at radius 1 is 1.03 bits per heavy atom. The third-order valence-corrected chi connectivity index (χ3v) is 7.66. The number of benzene rings is 3. The number of amides is 2. The van der Waals surface area contributed by atoms with Gasteiger partial charge in [0.05, 0.1) is 34.8 Å². The average molecular weight is 551 g/mol. The van der Waals surface area contributed by atoms with Crippen molar-refractivity contribution in [2.45, 2.75) is 11.8 Å². The normalized spacial score (nSPS) is 11.1. The second-order valence-corrected chi connectivity index (χ2v) is 10.6. The minimum atomic E-state index is -3.43. The van der Waals surface area contributed by atoms with E-state index in [2.05, 4.69) is 15.3 Å². The monoisotopic (exact) mass is 550 g/mol. The maximum Gasteiger partial charge on any atom is 0.323 e. The number of anilines is 6. The lowest BCUT2D eigenvalue weighted by molar-refractivity contribution is 0.256. The number of primary amides is 1. The van der Waals surface area contributed by atoms with E-state index in [1.165, 1.54) is 42.3 Å². The predicted octanol–water partition coefficient (Wildman–Crippen LogP) is 5.15. The highest BCUT2D eigenvalue weighted by molar-refractivity contribution is 7.91. The van der Waals surface area contributed by atoms with Crippen LogP contribution < -0.4 is 25.6 Å². The number of nitrogens with two attached hydrogens (primary N) is 1. The zero-order chi connectivity index (χ0) is 28.2. The van der Waals surface area contributed by atoms with Crippen LogP contribution in [-0.4, -0.2) is 44.3 Å². The largest absolute Gasteiger partial charge is 0.495 e. The quantitative estimate of drug-likeness (QED) is 0.293. The number of carbonyl (C=O) groups is 1. The van der Waals surface area contributed by atoms with Gasteiger partial charge in [-0.25, -0.2) is 22.6 Å². The fourth-order valence-electron chi connectivity index (χ4n) is 3.84. The van der Waals surface area contributed by atoms with E-state index in [1.54, 1.807) is 67.5 Å². The molecule has 0 saturated carbocycles. The molecule has 10 nitrogen and oxygen atoms in total. The van der Waals surface area contributed by atoms with Gasteiger partial charge in [-0.3, -0.25) is 4.90 Å². The fourth-order valence-corrected chi connectivity index (χ4v) is 4.74. The lowest BCUT2D eigenvalue weighted by atomic mass is 10.2. The summed E-state index contributed by atoms with van der Waals surface area (Å²) >= 11 is 0. The summed E-state index contributed by atoms with van der Waals surface area (Å²) < 4.78 is 43.8. The molecule has 1 aromatic heterocycles. The molecule has 0 aliphatic carbocycles. The van der Waals surface area contributed by atoms with Crippen molar-refractivity contribution in [3.63, 3.8) is 0 Å². The Kier molecular flexibility index (Phi) is 7.96. The molecule has 0 spiro atoms. The number of sulfone groups is 1. The molecule has 3 aromatic carbocycles. The summed E-state index contributed by atoms with van der Waals surface area (Å²) in [6.45, 7) is 1.58. The Morgan fingerprint density at radius 3 is 2.38 bits per heavy atom. The molecule has 0 atom stereocenters. The molecule has 2 amide bonds. The minimum Gasteiger partial charge on any atom is -0.495 e. The molecule has 39 heavy (non-hydrogen) atoms. The van der Waals surface area contributed by atoms with Crippen LogP contribution in [0.3, 0.4) is 0 Å². The Balaban J connectivity index is 1.59. The second kappa shape index (κ2) is 11.4. The van der Waals surface area contributed by atoms with E-state index in [-0.39, 0.29) is 16.6 Å². The molecule has 3 N–H and O–H groups in total. The Morgan fingerprint density at radius 2 is 1.74 bits per heavy atom. The molecule has 4 rings (SSSR count). The topological polar surface area (TPSA) is 131 Å². The van der Waals surface area contributed by atoms with Crippen LogP contribution in [-0.2, 0) is 9.84 Å². The summed E-state index contributed by atoms with van der Waals surface area (Å²) in [5.74, 6) is 0.674. The predicted molar refractivity (Wildman–Crippen MR) is 149 cm³/mol. The molecule has 12 heteroatoms. The number of nitrogens with zero attached hydrogens (tertiary/aromatic N) is 4. The van der Waals surface area contributed by atoms with E-state index in [4.69, 9.17) is 10.5 Å². The van der Waals surface area contributed by atoms with Crippen molar-refractivity contribution >= 4 is 50.4 Å². The van der Waals surface area contributed by atoms with Crippen LogP contribution in [0.25, 0.3) is 0 Å². The van der Waals surface area contributed by atoms with Crippen LogP contribution in [0, 0.1) is 5.82 Å². The van der Waals surface area contributed by atoms with Gasteiger partial charge in [-0.1, -0.05) is 13.0 Å². The number of methoxy groups -OCH3 is 1. The van der Waals surface area contributed by atoms with Crippen molar-refractivity contribution in [1.29, 1.82) is 0 Å². The van der Waals surface area contributed by atoms with E-state index >= 15 is 0 Å². The van der Waals surface area contributed by atoms with Crippen molar-refractivity contribution in [3.8, 4) is 5.75 Å². The highest BCUT2D eigenvalue weighted by atomic mass is 32.2. The standard InChI is InChI=1S/C27H27FN6O4S/c1-4-39(36,37)22-12-13-24(38-3)23(17-22)31-27-30-15-14-25(32-27)33(2)19-8-10-20(11-9-19)34(26(29)35)21-7-5-6-18(28)16-21/h5-17H,4H2,1-3H3,(H2,29,35)(H,30,31,32). The molecular formula is C27H27FN6O4S. The van der Waals surface area contributed by atoms with Crippen molar-refractivity contribution < 1.29 is 22.3 Å². The second-order valence-electron chi connectivity index (χ2n) is 8.36. The number of halogens is 1. The van der Waals surface area contributed by atoms with Crippen molar-refractivity contribution in [1.82, 2.24) is 9.97 Å². The Hall–Kier alpha value is -4.71. The van der Waals surface area contributed by atoms with Gasteiger partial charge in [0.15, 0.2) is 9.84 Å². The van der Waals surface area contributed by atoms with Crippen LogP contribution in [0.2, 0.25) is 0 Å². The van der Waals surface area contributed by atoms with Gasteiger partial charge >= 0.3 is 6.03 Å². The van der Waals surface area contributed by atoms with Gasteiger partial charge in [-0.15, -0.1) is 0 Å². The molecule has 0 fully saturated rings. The van der Waals surface area contributed by atoms with Gasteiger partial charge in [-0.05, 0) is 66.7 Å². The van der Waals surface area contributed by atoms with Gasteiger partial charge in [-0.2, -0.15) is 4.98 Å². The van der Waals surface area contributed by atoms with E-state index in [1.807, 2.05) is 0 Å². The number of hydrogen-bond acceptors (Lipinski definition) is 8. The van der Waals surface area contributed by atoms with E-state index in [9.17, 15) is 17.6 Å². The van der Waals surface area contributed by atoms with Crippen molar-refractivity contribution in [3.05, 3.63) is 84.8 Å². The third-order valence-electron chi connectivity index (χ3n) is 5.92. The summed E-state index contributed by atoms with van der Waals surface area (Å²) in [4.78, 5) is 24.1. The smallest absolute Gasteiger partial charge is 0.323 e. The van der Waals surface area contributed by atoms with Crippen molar-refractivity contribution in [2.24, 2.45) is 5.73 Å². The van der Waals surface area contributed by atoms with Gasteiger partial charge in [0, 0.05) is 18.9 Å². The molecular weight excluding hydrogens is 523 g/mol. The summed E-state index contributed by atoms with van der Waals surface area (Å²) in [7, 11) is -0.143. The van der Waals surface area contributed by atoms with Gasteiger partial charge in [0.2, 0.25) is 5.95 Å². The molecule has 4 aromatic rings. The SMILES string of the molecule is CCS(=O)(=O)c1ccc(OC)c(Nc2nccc(N(C)c3ccc(N(C(N)=O)c4cccc(F)c4)cc3)n2)c1. The van der Waals surface area contributed by atoms with Gasteiger partial charge < -0.3 is 20.7 Å².